The van der Waals surface area contributed by atoms with Crippen LogP contribution in [0, 0.1) is 0 Å². The van der Waals surface area contributed by atoms with Gasteiger partial charge in [-0.05, 0) is 45.1 Å². The van der Waals surface area contributed by atoms with E-state index in [9.17, 15) is 9.59 Å². The summed E-state index contributed by atoms with van der Waals surface area (Å²) in [4.78, 5) is 27.4. The minimum absolute atomic E-state index is 0.0897. The van der Waals surface area contributed by atoms with Crippen LogP contribution in [0.4, 0.5) is 0 Å². The van der Waals surface area contributed by atoms with Gasteiger partial charge in [0.1, 0.15) is 5.75 Å². The number of nitrogens with one attached hydrogen (secondary N) is 1. The minimum atomic E-state index is -0.121. The highest BCUT2D eigenvalue weighted by Gasteiger charge is 2.14. The van der Waals surface area contributed by atoms with Crippen molar-refractivity contribution in [2.75, 3.05) is 47.4 Å². The maximum absolute atomic E-state index is 12.0. The van der Waals surface area contributed by atoms with Crippen LogP contribution in [-0.2, 0) is 16.0 Å². The standard InChI is InChI=1S/C18H29N3O3/c1-15(22)21(14-18(23)19-11-7-12-20(2)3)13-10-16-8-5-6-9-17(16)24-4/h5-6,8-9H,7,10-14H2,1-4H3,(H,19,23). The van der Waals surface area contributed by atoms with Crippen LogP contribution < -0.4 is 10.1 Å². The molecular weight excluding hydrogens is 306 g/mol. The van der Waals surface area contributed by atoms with Crippen molar-refractivity contribution in [1.82, 2.24) is 15.1 Å². The van der Waals surface area contributed by atoms with Crippen molar-refractivity contribution in [3.05, 3.63) is 29.8 Å². The predicted molar refractivity (Wildman–Crippen MR) is 95.1 cm³/mol. The van der Waals surface area contributed by atoms with Gasteiger partial charge in [0.15, 0.2) is 0 Å². The van der Waals surface area contributed by atoms with Gasteiger partial charge in [-0.15, -0.1) is 0 Å². The Morgan fingerprint density at radius 2 is 1.88 bits per heavy atom. The molecule has 134 valence electrons. The molecule has 1 aromatic rings. The molecule has 0 spiro atoms. The summed E-state index contributed by atoms with van der Waals surface area (Å²) in [6, 6.07) is 7.71. The minimum Gasteiger partial charge on any atom is -0.496 e. The first-order chi connectivity index (χ1) is 11.4. The topological polar surface area (TPSA) is 61.9 Å². The quantitative estimate of drug-likeness (QED) is 0.652. The molecule has 1 rings (SSSR count). The van der Waals surface area contributed by atoms with Crippen LogP contribution in [0.1, 0.15) is 18.9 Å². The lowest BCUT2D eigenvalue weighted by molar-refractivity contribution is -0.134. The highest BCUT2D eigenvalue weighted by atomic mass is 16.5. The number of amides is 2. The fourth-order valence-corrected chi connectivity index (χ4v) is 2.37. The number of hydrogen-bond donors (Lipinski definition) is 1. The van der Waals surface area contributed by atoms with Crippen molar-refractivity contribution in [3.8, 4) is 5.75 Å². The summed E-state index contributed by atoms with van der Waals surface area (Å²) in [6.07, 6.45) is 1.54. The Morgan fingerprint density at radius 1 is 1.17 bits per heavy atom. The zero-order valence-corrected chi connectivity index (χ0v) is 15.2. The molecule has 2 amide bonds. The number of ether oxygens (including phenoxy) is 1. The number of hydrogen-bond acceptors (Lipinski definition) is 4. The van der Waals surface area contributed by atoms with E-state index >= 15 is 0 Å². The molecule has 0 atom stereocenters. The molecule has 0 saturated carbocycles. The third-order valence-corrected chi connectivity index (χ3v) is 3.73. The number of rotatable bonds is 10. The Morgan fingerprint density at radius 3 is 2.50 bits per heavy atom. The molecule has 1 aromatic carbocycles. The molecule has 0 aliphatic heterocycles. The summed E-state index contributed by atoms with van der Waals surface area (Å²) < 4.78 is 5.32. The number of benzene rings is 1. The van der Waals surface area contributed by atoms with Gasteiger partial charge in [0.2, 0.25) is 11.8 Å². The molecule has 0 bridgehead atoms. The van der Waals surface area contributed by atoms with Gasteiger partial charge in [0.05, 0.1) is 13.7 Å². The SMILES string of the molecule is COc1ccccc1CCN(CC(=O)NCCCN(C)C)C(C)=O. The molecule has 6 nitrogen and oxygen atoms in total. The second kappa shape index (κ2) is 10.6. The van der Waals surface area contributed by atoms with E-state index < -0.39 is 0 Å². The van der Waals surface area contributed by atoms with Gasteiger partial charge in [0, 0.05) is 20.0 Å². The molecular formula is C18H29N3O3. The smallest absolute Gasteiger partial charge is 0.239 e. The summed E-state index contributed by atoms with van der Waals surface area (Å²) in [5.74, 6) is 0.575. The summed E-state index contributed by atoms with van der Waals surface area (Å²) in [7, 11) is 5.62. The molecule has 6 heteroatoms. The third-order valence-electron chi connectivity index (χ3n) is 3.73. The van der Waals surface area contributed by atoms with Crippen LogP contribution >= 0.6 is 0 Å². The lowest BCUT2D eigenvalue weighted by Crippen LogP contribution is -2.41. The summed E-state index contributed by atoms with van der Waals surface area (Å²) in [5, 5.41) is 2.86. The number of carbonyl (C=O) groups is 2. The largest absolute Gasteiger partial charge is 0.496 e. The zero-order valence-electron chi connectivity index (χ0n) is 15.2. The molecule has 0 aromatic heterocycles. The van der Waals surface area contributed by atoms with Crippen LogP contribution in [0.2, 0.25) is 0 Å². The molecule has 1 N–H and O–H groups in total. The fraction of sp³-hybridized carbons (Fsp3) is 0.556. The molecule has 0 fully saturated rings. The first-order valence-corrected chi connectivity index (χ1v) is 8.23. The van der Waals surface area contributed by atoms with Crippen LogP contribution in [0.5, 0.6) is 5.75 Å². The van der Waals surface area contributed by atoms with E-state index in [-0.39, 0.29) is 18.4 Å². The Balaban J connectivity index is 2.46. The second-order valence-corrected chi connectivity index (χ2v) is 6.01. The first-order valence-electron chi connectivity index (χ1n) is 8.23. The Kier molecular flexibility index (Phi) is 8.86. The van der Waals surface area contributed by atoms with Gasteiger partial charge in [0.25, 0.3) is 0 Å². The lowest BCUT2D eigenvalue weighted by Gasteiger charge is -2.21. The monoisotopic (exact) mass is 335 g/mol. The van der Waals surface area contributed by atoms with Crippen LogP contribution in [0.15, 0.2) is 24.3 Å². The maximum Gasteiger partial charge on any atom is 0.239 e. The van der Waals surface area contributed by atoms with Gasteiger partial charge in [-0.25, -0.2) is 0 Å². The summed E-state index contributed by atoms with van der Waals surface area (Å²) in [5.41, 5.74) is 1.03. The number of carbonyl (C=O) groups excluding carboxylic acids is 2. The summed E-state index contributed by atoms with van der Waals surface area (Å²) >= 11 is 0. The molecule has 0 aliphatic rings. The van der Waals surface area contributed by atoms with Crippen molar-refractivity contribution in [1.29, 1.82) is 0 Å². The maximum atomic E-state index is 12.0. The van der Waals surface area contributed by atoms with E-state index in [0.29, 0.717) is 19.5 Å². The Hall–Kier alpha value is -2.08. The van der Waals surface area contributed by atoms with Gasteiger partial charge in [-0.3, -0.25) is 9.59 Å². The number of para-hydroxylation sites is 1. The van der Waals surface area contributed by atoms with E-state index in [2.05, 4.69) is 10.2 Å². The van der Waals surface area contributed by atoms with E-state index in [4.69, 9.17) is 4.74 Å². The highest BCUT2D eigenvalue weighted by Crippen LogP contribution is 2.17. The van der Waals surface area contributed by atoms with Crippen molar-refractivity contribution in [2.45, 2.75) is 19.8 Å². The van der Waals surface area contributed by atoms with Gasteiger partial charge in [-0.1, -0.05) is 18.2 Å². The van der Waals surface area contributed by atoms with Crippen molar-refractivity contribution in [2.24, 2.45) is 0 Å². The second-order valence-electron chi connectivity index (χ2n) is 6.01. The van der Waals surface area contributed by atoms with Gasteiger partial charge in [-0.2, -0.15) is 0 Å². The molecule has 24 heavy (non-hydrogen) atoms. The third kappa shape index (κ3) is 7.46. The Bertz CT molecular complexity index is 532. The highest BCUT2D eigenvalue weighted by molar-refractivity contribution is 5.83. The molecule has 0 saturated heterocycles. The molecule has 0 aliphatic carbocycles. The lowest BCUT2D eigenvalue weighted by atomic mass is 10.1. The normalized spacial score (nSPS) is 10.5. The average Bonchev–Trinajstić information content (AvgIpc) is 2.55. The summed E-state index contributed by atoms with van der Waals surface area (Å²) in [6.45, 7) is 3.61. The van der Waals surface area contributed by atoms with Crippen LogP contribution in [0.25, 0.3) is 0 Å². The number of methoxy groups -OCH3 is 1. The fourth-order valence-electron chi connectivity index (χ4n) is 2.37. The van der Waals surface area contributed by atoms with Gasteiger partial charge >= 0.3 is 0 Å². The van der Waals surface area contributed by atoms with E-state index in [1.54, 1.807) is 12.0 Å². The Labute approximate surface area is 144 Å². The molecule has 0 heterocycles. The predicted octanol–water partition coefficient (Wildman–Crippen LogP) is 1.15. The van der Waals surface area contributed by atoms with Crippen molar-refractivity contribution >= 4 is 11.8 Å². The average molecular weight is 335 g/mol. The first kappa shape index (κ1) is 20.0. The van der Waals surface area contributed by atoms with E-state index in [1.165, 1.54) is 6.92 Å². The number of nitrogens with zero attached hydrogens (tertiary/aromatic N) is 2. The molecule has 0 radical (unpaired) electrons. The zero-order chi connectivity index (χ0) is 17.9. The van der Waals surface area contributed by atoms with Crippen molar-refractivity contribution < 1.29 is 14.3 Å². The van der Waals surface area contributed by atoms with E-state index in [0.717, 1.165) is 24.3 Å². The van der Waals surface area contributed by atoms with Crippen LogP contribution in [0.3, 0.4) is 0 Å². The van der Waals surface area contributed by atoms with Gasteiger partial charge < -0.3 is 19.9 Å². The van der Waals surface area contributed by atoms with E-state index in [1.807, 2.05) is 38.4 Å². The van der Waals surface area contributed by atoms with Crippen molar-refractivity contribution in [3.63, 3.8) is 0 Å². The van der Waals surface area contributed by atoms with Crippen LogP contribution in [-0.4, -0.2) is 69.0 Å². The molecule has 0 unspecified atom stereocenters.